The van der Waals surface area contributed by atoms with Crippen LogP contribution in [0.1, 0.15) is 32.3 Å². The highest BCUT2D eigenvalue weighted by molar-refractivity contribution is 14.0. The van der Waals surface area contributed by atoms with E-state index in [1.165, 1.54) is 16.3 Å². The molecule has 6 heteroatoms. The number of amides is 1. The molecule has 0 bridgehead atoms. The van der Waals surface area contributed by atoms with Crippen LogP contribution in [0.25, 0.3) is 10.8 Å². The minimum Gasteiger partial charge on any atom is -0.357 e. The smallest absolute Gasteiger partial charge is 0.222 e. The van der Waals surface area contributed by atoms with Crippen molar-refractivity contribution in [3.63, 3.8) is 0 Å². The fraction of sp³-hybridized carbons (Fsp3) is 0.455. The number of hydrogen-bond donors (Lipinski definition) is 2. The van der Waals surface area contributed by atoms with Gasteiger partial charge in [0.2, 0.25) is 5.91 Å². The first-order chi connectivity index (χ1) is 13.2. The van der Waals surface area contributed by atoms with E-state index in [2.05, 4.69) is 60.0 Å². The number of hydrogen-bond acceptors (Lipinski definition) is 2. The second-order valence-corrected chi connectivity index (χ2v) is 7.02. The standard InChI is InChI=1S/C22H30N4O.HI/c1-3-21(27)26-14-12-20(16-26)25-22(23-4-2)24-13-11-17-9-10-18-7-5-6-8-19(18)15-17;/h5-10,15,20H,3-4,11-14,16H2,1-2H3,(H2,23,24,25);1H. The normalized spacial score (nSPS) is 16.7. The Labute approximate surface area is 185 Å². The van der Waals surface area contributed by atoms with Gasteiger partial charge in [0, 0.05) is 38.6 Å². The predicted octanol–water partition coefficient (Wildman–Crippen LogP) is 3.57. The SMILES string of the molecule is CCNC(=NCCc1ccc2ccccc2c1)NC1CCN(C(=O)CC)C1.I. The van der Waals surface area contributed by atoms with Gasteiger partial charge in [-0.25, -0.2) is 0 Å². The molecular weight excluding hydrogens is 463 g/mol. The number of halogens is 1. The van der Waals surface area contributed by atoms with Gasteiger partial charge in [-0.05, 0) is 36.1 Å². The summed E-state index contributed by atoms with van der Waals surface area (Å²) in [5.74, 6) is 1.08. The number of likely N-dealkylation sites (tertiary alicyclic amines) is 1. The van der Waals surface area contributed by atoms with Gasteiger partial charge in [-0.1, -0.05) is 49.4 Å². The summed E-state index contributed by atoms with van der Waals surface area (Å²) in [4.78, 5) is 18.5. The van der Waals surface area contributed by atoms with E-state index in [1.54, 1.807) is 0 Å². The van der Waals surface area contributed by atoms with Gasteiger partial charge in [0.15, 0.2) is 5.96 Å². The van der Waals surface area contributed by atoms with Crippen LogP contribution in [0.2, 0.25) is 0 Å². The summed E-state index contributed by atoms with van der Waals surface area (Å²) in [7, 11) is 0. The zero-order valence-electron chi connectivity index (χ0n) is 16.8. The monoisotopic (exact) mass is 494 g/mol. The maximum absolute atomic E-state index is 11.8. The Balaban J connectivity index is 0.00000280. The molecule has 2 N–H and O–H groups in total. The Morgan fingerprint density at radius 3 is 2.71 bits per heavy atom. The third-order valence-electron chi connectivity index (χ3n) is 5.01. The zero-order valence-corrected chi connectivity index (χ0v) is 19.1. The van der Waals surface area contributed by atoms with Crippen LogP contribution in [0.3, 0.4) is 0 Å². The highest BCUT2D eigenvalue weighted by Gasteiger charge is 2.25. The molecule has 1 atom stereocenters. The second-order valence-electron chi connectivity index (χ2n) is 7.02. The molecule has 2 aromatic carbocycles. The summed E-state index contributed by atoms with van der Waals surface area (Å²) in [6.07, 6.45) is 2.46. The van der Waals surface area contributed by atoms with E-state index in [-0.39, 0.29) is 35.9 Å². The van der Waals surface area contributed by atoms with Crippen LogP contribution in [-0.2, 0) is 11.2 Å². The van der Waals surface area contributed by atoms with E-state index >= 15 is 0 Å². The molecule has 0 saturated carbocycles. The van der Waals surface area contributed by atoms with Crippen LogP contribution in [0, 0.1) is 0 Å². The van der Waals surface area contributed by atoms with E-state index in [0.717, 1.165) is 45.0 Å². The van der Waals surface area contributed by atoms with E-state index in [1.807, 2.05) is 11.8 Å². The Kier molecular flexibility index (Phi) is 9.02. The molecule has 1 saturated heterocycles. The maximum Gasteiger partial charge on any atom is 0.222 e. The summed E-state index contributed by atoms with van der Waals surface area (Å²) in [6, 6.07) is 15.3. The molecule has 1 unspecified atom stereocenters. The molecule has 3 rings (SSSR count). The molecule has 28 heavy (non-hydrogen) atoms. The average Bonchev–Trinajstić information content (AvgIpc) is 3.16. The minimum atomic E-state index is 0. The topological polar surface area (TPSA) is 56.7 Å². The van der Waals surface area contributed by atoms with E-state index in [9.17, 15) is 4.79 Å². The number of fused-ring (bicyclic) bond motifs is 1. The number of nitrogens with zero attached hydrogens (tertiary/aromatic N) is 2. The van der Waals surface area contributed by atoms with Gasteiger partial charge in [0.25, 0.3) is 0 Å². The summed E-state index contributed by atoms with van der Waals surface area (Å²) in [5, 5.41) is 9.35. The van der Waals surface area contributed by atoms with Gasteiger partial charge < -0.3 is 15.5 Å². The van der Waals surface area contributed by atoms with Gasteiger partial charge in [0.05, 0.1) is 0 Å². The van der Waals surface area contributed by atoms with Crippen molar-refractivity contribution in [3.8, 4) is 0 Å². The van der Waals surface area contributed by atoms with Crippen LogP contribution in [-0.4, -0.2) is 49.0 Å². The Bertz CT molecular complexity index is 808. The van der Waals surface area contributed by atoms with Crippen molar-refractivity contribution in [2.45, 2.75) is 39.2 Å². The third kappa shape index (κ3) is 6.09. The molecule has 152 valence electrons. The van der Waals surface area contributed by atoms with Crippen molar-refractivity contribution >= 4 is 46.6 Å². The Morgan fingerprint density at radius 2 is 1.96 bits per heavy atom. The fourth-order valence-corrected chi connectivity index (χ4v) is 3.53. The van der Waals surface area contributed by atoms with Gasteiger partial charge in [0.1, 0.15) is 0 Å². The molecule has 0 aromatic heterocycles. The molecule has 1 fully saturated rings. The lowest BCUT2D eigenvalue weighted by Crippen LogP contribution is -2.45. The summed E-state index contributed by atoms with van der Waals surface area (Å²) >= 11 is 0. The van der Waals surface area contributed by atoms with Crippen LogP contribution in [0.4, 0.5) is 0 Å². The van der Waals surface area contributed by atoms with Crippen LogP contribution >= 0.6 is 24.0 Å². The Morgan fingerprint density at radius 1 is 1.18 bits per heavy atom. The number of rotatable bonds is 6. The largest absolute Gasteiger partial charge is 0.357 e. The molecule has 0 radical (unpaired) electrons. The predicted molar refractivity (Wildman–Crippen MR) is 127 cm³/mol. The highest BCUT2D eigenvalue weighted by Crippen LogP contribution is 2.16. The molecule has 0 spiro atoms. The molecule has 1 aliphatic heterocycles. The number of aliphatic imine (C=N–C) groups is 1. The van der Waals surface area contributed by atoms with Crippen molar-refractivity contribution < 1.29 is 4.79 Å². The van der Waals surface area contributed by atoms with E-state index in [0.29, 0.717) is 6.42 Å². The molecule has 1 aliphatic rings. The number of benzene rings is 2. The fourth-order valence-electron chi connectivity index (χ4n) is 3.53. The molecular formula is C22H31IN4O. The Hall–Kier alpha value is -1.83. The number of nitrogens with one attached hydrogen (secondary N) is 2. The summed E-state index contributed by atoms with van der Waals surface area (Å²) < 4.78 is 0. The van der Waals surface area contributed by atoms with E-state index in [4.69, 9.17) is 4.99 Å². The van der Waals surface area contributed by atoms with Gasteiger partial charge >= 0.3 is 0 Å². The molecule has 5 nitrogen and oxygen atoms in total. The minimum absolute atomic E-state index is 0. The molecule has 1 heterocycles. The van der Waals surface area contributed by atoms with E-state index < -0.39 is 0 Å². The van der Waals surface area contributed by atoms with Crippen molar-refractivity contribution in [1.82, 2.24) is 15.5 Å². The first kappa shape index (κ1) is 22.5. The molecule has 1 amide bonds. The first-order valence-electron chi connectivity index (χ1n) is 10.00. The number of carbonyl (C=O) groups is 1. The van der Waals surface area contributed by atoms with Crippen LogP contribution in [0.5, 0.6) is 0 Å². The first-order valence-corrected chi connectivity index (χ1v) is 10.00. The van der Waals surface area contributed by atoms with Crippen molar-refractivity contribution in [1.29, 1.82) is 0 Å². The lowest BCUT2D eigenvalue weighted by Gasteiger charge is -2.18. The number of carbonyl (C=O) groups excluding carboxylic acids is 1. The van der Waals surface area contributed by atoms with Gasteiger partial charge in [-0.2, -0.15) is 0 Å². The van der Waals surface area contributed by atoms with Gasteiger partial charge in [-0.15, -0.1) is 24.0 Å². The van der Waals surface area contributed by atoms with Crippen LogP contribution in [0.15, 0.2) is 47.5 Å². The quantitative estimate of drug-likeness (QED) is 0.367. The second kappa shape index (κ2) is 11.2. The lowest BCUT2D eigenvalue weighted by atomic mass is 10.1. The maximum atomic E-state index is 11.8. The molecule has 2 aromatic rings. The van der Waals surface area contributed by atoms with Crippen molar-refractivity contribution in [2.24, 2.45) is 4.99 Å². The number of guanidine groups is 1. The van der Waals surface area contributed by atoms with Gasteiger partial charge in [-0.3, -0.25) is 9.79 Å². The van der Waals surface area contributed by atoms with Crippen molar-refractivity contribution in [2.75, 3.05) is 26.2 Å². The van der Waals surface area contributed by atoms with Crippen molar-refractivity contribution in [3.05, 3.63) is 48.0 Å². The molecule has 0 aliphatic carbocycles. The summed E-state index contributed by atoms with van der Waals surface area (Å²) in [5.41, 5.74) is 1.30. The average molecular weight is 494 g/mol. The lowest BCUT2D eigenvalue weighted by molar-refractivity contribution is -0.129. The third-order valence-corrected chi connectivity index (χ3v) is 5.01. The summed E-state index contributed by atoms with van der Waals surface area (Å²) in [6.45, 7) is 7.15. The van der Waals surface area contributed by atoms with Crippen LogP contribution < -0.4 is 10.6 Å². The highest BCUT2D eigenvalue weighted by atomic mass is 127. The zero-order chi connectivity index (χ0) is 19.1.